The third-order valence-electron chi connectivity index (χ3n) is 7.95. The van der Waals surface area contributed by atoms with Crippen LogP contribution in [0.15, 0.2) is 109 Å². The van der Waals surface area contributed by atoms with E-state index in [1.807, 2.05) is 60.7 Å². The van der Waals surface area contributed by atoms with Gasteiger partial charge in [0.25, 0.3) is 0 Å². The lowest BCUT2D eigenvalue weighted by Gasteiger charge is -2.29. The Morgan fingerprint density at radius 3 is 2.18 bits per heavy atom. The Kier molecular flexibility index (Phi) is 9.70. The molecule has 0 spiro atoms. The van der Waals surface area contributed by atoms with E-state index in [-0.39, 0.29) is 18.0 Å². The van der Waals surface area contributed by atoms with E-state index in [9.17, 15) is 23.1 Å². The lowest BCUT2D eigenvalue weighted by molar-refractivity contribution is -0.138. The van der Waals surface area contributed by atoms with Crippen molar-refractivity contribution in [2.45, 2.75) is 38.5 Å². The largest absolute Gasteiger partial charge is 0.493 e. The third-order valence-corrected chi connectivity index (χ3v) is 7.95. The molecule has 8 heteroatoms. The average molecular weight is 601 g/mol. The lowest BCUT2D eigenvalue weighted by atomic mass is 9.90. The summed E-state index contributed by atoms with van der Waals surface area (Å²) in [6, 6.07) is 32.1. The number of carboxylic acids is 1. The van der Waals surface area contributed by atoms with Crippen LogP contribution in [0.3, 0.4) is 0 Å². The monoisotopic (exact) mass is 600 g/mol. The fourth-order valence-electron chi connectivity index (χ4n) is 5.74. The number of fused-ring (bicyclic) bond motifs is 1. The topological polar surface area (TPSA) is 54.7 Å². The number of nitrogens with zero attached hydrogens (tertiary/aromatic N) is 2. The Labute approximate surface area is 255 Å². The van der Waals surface area contributed by atoms with Gasteiger partial charge in [0.15, 0.2) is 0 Å². The smallest absolute Gasteiger partial charge is 0.416 e. The average Bonchev–Trinajstić information content (AvgIpc) is 3.41. The van der Waals surface area contributed by atoms with Crippen LogP contribution in [0.25, 0.3) is 10.9 Å². The molecule has 1 aromatic heterocycles. The Bertz CT molecular complexity index is 1640. The van der Waals surface area contributed by atoms with E-state index in [1.165, 1.54) is 6.07 Å². The number of alkyl halides is 3. The van der Waals surface area contributed by atoms with E-state index < -0.39 is 17.7 Å². The second-order valence-corrected chi connectivity index (χ2v) is 10.9. The van der Waals surface area contributed by atoms with Crippen LogP contribution in [0.1, 0.15) is 40.2 Å². The number of carbonyl (C=O) groups is 1. The summed E-state index contributed by atoms with van der Waals surface area (Å²) in [7, 11) is 0. The Morgan fingerprint density at radius 2 is 1.55 bits per heavy atom. The van der Waals surface area contributed by atoms with Crippen molar-refractivity contribution >= 4 is 16.9 Å². The number of aromatic nitrogens is 1. The van der Waals surface area contributed by atoms with Gasteiger partial charge in [-0.2, -0.15) is 13.2 Å². The zero-order valence-electron chi connectivity index (χ0n) is 24.5. The molecule has 44 heavy (non-hydrogen) atoms. The quantitative estimate of drug-likeness (QED) is 0.139. The molecule has 1 N–H and O–H groups in total. The maximum Gasteiger partial charge on any atom is 0.416 e. The van der Waals surface area contributed by atoms with E-state index in [1.54, 1.807) is 23.8 Å². The predicted octanol–water partition coefficient (Wildman–Crippen LogP) is 8.16. The fourth-order valence-corrected chi connectivity index (χ4v) is 5.74. The van der Waals surface area contributed by atoms with Gasteiger partial charge in [0.1, 0.15) is 12.3 Å². The molecule has 5 rings (SSSR count). The minimum Gasteiger partial charge on any atom is -0.493 e. The summed E-state index contributed by atoms with van der Waals surface area (Å²) < 4.78 is 49.1. The standard InChI is InChI=1S/C36H35F3N2O3/c1-26-29(15-8-16-32(26)36(37,38)39)23-40(24-31(27-11-4-2-5-12-27)28-13-6-3-7-14-28)20-10-22-44-34-18-9-17-33-30(34)19-21-41(33)25-35(42)43/h2-9,11-19,21,31H,10,20,22-25H2,1H3,(H,42,43). The van der Waals surface area contributed by atoms with Gasteiger partial charge in [-0.1, -0.05) is 78.9 Å². The highest BCUT2D eigenvalue weighted by Crippen LogP contribution is 2.34. The van der Waals surface area contributed by atoms with Gasteiger partial charge in [-0.15, -0.1) is 0 Å². The molecule has 0 atom stereocenters. The van der Waals surface area contributed by atoms with Crippen LogP contribution in [0, 0.1) is 6.92 Å². The number of ether oxygens (including phenoxy) is 1. The summed E-state index contributed by atoms with van der Waals surface area (Å²) in [5.74, 6) is -0.236. The molecule has 0 amide bonds. The normalized spacial score (nSPS) is 11.9. The molecular formula is C36H35F3N2O3. The highest BCUT2D eigenvalue weighted by molar-refractivity contribution is 5.87. The van der Waals surface area contributed by atoms with E-state index in [4.69, 9.17) is 4.74 Å². The maximum absolute atomic E-state index is 13.7. The van der Waals surface area contributed by atoms with E-state index >= 15 is 0 Å². The number of hydrogen-bond donors (Lipinski definition) is 1. The lowest BCUT2D eigenvalue weighted by Crippen LogP contribution is -2.31. The second-order valence-electron chi connectivity index (χ2n) is 10.9. The molecule has 4 aromatic carbocycles. The summed E-state index contributed by atoms with van der Waals surface area (Å²) in [5.41, 5.74) is 3.33. The van der Waals surface area contributed by atoms with Gasteiger partial charge in [0.2, 0.25) is 0 Å². The molecule has 0 saturated heterocycles. The van der Waals surface area contributed by atoms with E-state index in [0.717, 1.165) is 28.1 Å². The van der Waals surface area contributed by atoms with Gasteiger partial charge < -0.3 is 14.4 Å². The number of hydrogen-bond acceptors (Lipinski definition) is 3. The zero-order chi connectivity index (χ0) is 31.1. The molecule has 1 heterocycles. The van der Waals surface area contributed by atoms with Crippen LogP contribution in [-0.2, 0) is 24.1 Å². The SMILES string of the molecule is Cc1c(CN(CCCOc2cccc3c2ccn3CC(=O)O)CC(c2ccccc2)c2ccccc2)cccc1C(F)(F)F. The van der Waals surface area contributed by atoms with Crippen LogP contribution < -0.4 is 4.74 Å². The van der Waals surface area contributed by atoms with Crippen molar-refractivity contribution in [3.8, 4) is 5.75 Å². The Balaban J connectivity index is 1.37. The molecule has 5 nitrogen and oxygen atoms in total. The van der Waals surface area contributed by atoms with Gasteiger partial charge in [-0.05, 0) is 59.9 Å². The van der Waals surface area contributed by atoms with Gasteiger partial charge in [-0.25, -0.2) is 0 Å². The first kappa shape index (κ1) is 30.9. The third kappa shape index (κ3) is 7.50. The molecule has 0 radical (unpaired) electrons. The second kappa shape index (κ2) is 13.8. The van der Waals surface area contributed by atoms with Crippen LogP contribution in [0.5, 0.6) is 5.75 Å². The van der Waals surface area contributed by atoms with Crippen molar-refractivity contribution in [2.24, 2.45) is 0 Å². The first-order chi connectivity index (χ1) is 21.2. The van der Waals surface area contributed by atoms with Crippen molar-refractivity contribution in [1.82, 2.24) is 9.47 Å². The molecule has 0 unspecified atom stereocenters. The maximum atomic E-state index is 13.7. The highest BCUT2D eigenvalue weighted by Gasteiger charge is 2.33. The summed E-state index contributed by atoms with van der Waals surface area (Å²) in [6.45, 7) is 3.37. The number of carboxylic acid groups (broad SMARTS) is 1. The summed E-state index contributed by atoms with van der Waals surface area (Å²) in [6.07, 6.45) is -2.04. The highest BCUT2D eigenvalue weighted by atomic mass is 19.4. The number of halogens is 3. The zero-order valence-corrected chi connectivity index (χ0v) is 24.5. The first-order valence-corrected chi connectivity index (χ1v) is 14.6. The summed E-state index contributed by atoms with van der Waals surface area (Å²) >= 11 is 0. The minimum atomic E-state index is -4.42. The van der Waals surface area contributed by atoms with Crippen LogP contribution in [-0.4, -0.2) is 40.2 Å². The van der Waals surface area contributed by atoms with Crippen molar-refractivity contribution in [3.05, 3.63) is 137 Å². The minimum absolute atomic E-state index is 0.0205. The molecule has 0 bridgehead atoms. The van der Waals surface area contributed by atoms with Crippen LogP contribution in [0.4, 0.5) is 13.2 Å². The first-order valence-electron chi connectivity index (χ1n) is 14.6. The molecule has 5 aromatic rings. The fraction of sp³-hybridized carbons (Fsp3) is 0.250. The van der Waals surface area contributed by atoms with Gasteiger partial charge in [0.05, 0.1) is 17.7 Å². The number of aliphatic carboxylic acids is 1. The van der Waals surface area contributed by atoms with Gasteiger partial charge in [-0.3, -0.25) is 9.69 Å². The van der Waals surface area contributed by atoms with Crippen molar-refractivity contribution in [1.29, 1.82) is 0 Å². The molecular weight excluding hydrogens is 565 g/mol. The van der Waals surface area contributed by atoms with Gasteiger partial charge >= 0.3 is 12.1 Å². The van der Waals surface area contributed by atoms with Crippen LogP contribution >= 0.6 is 0 Å². The summed E-state index contributed by atoms with van der Waals surface area (Å²) in [4.78, 5) is 13.4. The van der Waals surface area contributed by atoms with Crippen molar-refractivity contribution in [3.63, 3.8) is 0 Å². The number of benzene rings is 4. The Morgan fingerprint density at radius 1 is 0.886 bits per heavy atom. The molecule has 0 fully saturated rings. The molecule has 0 aliphatic heterocycles. The van der Waals surface area contributed by atoms with E-state index in [0.29, 0.717) is 44.0 Å². The van der Waals surface area contributed by atoms with Crippen molar-refractivity contribution in [2.75, 3.05) is 19.7 Å². The molecule has 0 aliphatic carbocycles. The number of rotatable bonds is 13. The predicted molar refractivity (Wildman–Crippen MR) is 166 cm³/mol. The Hall–Kier alpha value is -4.56. The van der Waals surface area contributed by atoms with E-state index in [2.05, 4.69) is 29.2 Å². The molecule has 228 valence electrons. The van der Waals surface area contributed by atoms with Crippen LogP contribution in [0.2, 0.25) is 0 Å². The van der Waals surface area contributed by atoms with Crippen molar-refractivity contribution < 1.29 is 27.8 Å². The molecule has 0 saturated carbocycles. The molecule has 0 aliphatic rings. The van der Waals surface area contributed by atoms with Gasteiger partial charge in [0, 0.05) is 37.1 Å². The summed E-state index contributed by atoms with van der Waals surface area (Å²) in [5, 5.41) is 10.0.